The number of ether oxygens (including phenoxy) is 1. The molecule has 100 valence electrons. The van der Waals surface area contributed by atoms with Gasteiger partial charge >= 0.3 is 5.97 Å². The molecule has 0 bridgehead atoms. The van der Waals surface area contributed by atoms with Gasteiger partial charge in [-0.2, -0.15) is 0 Å². The molecule has 0 aliphatic heterocycles. The molecule has 3 aromatic rings. The van der Waals surface area contributed by atoms with E-state index in [1.54, 1.807) is 0 Å². The molecular weight excluding hydrogens is 320 g/mol. The highest BCUT2D eigenvalue weighted by Gasteiger charge is 2.20. The molecule has 2 heterocycles. The van der Waals surface area contributed by atoms with Crippen LogP contribution in [0.4, 0.5) is 0 Å². The van der Waals surface area contributed by atoms with E-state index in [9.17, 15) is 4.79 Å². The first-order valence-corrected chi connectivity index (χ1v) is 6.81. The Morgan fingerprint density at radius 1 is 1.20 bits per heavy atom. The van der Waals surface area contributed by atoms with Crippen molar-refractivity contribution in [2.45, 2.75) is 0 Å². The van der Waals surface area contributed by atoms with Crippen LogP contribution in [-0.4, -0.2) is 22.5 Å². The predicted octanol–water partition coefficient (Wildman–Crippen LogP) is 3.55. The first-order valence-electron chi connectivity index (χ1n) is 6.02. The van der Waals surface area contributed by atoms with Crippen molar-refractivity contribution in [1.82, 2.24) is 9.38 Å². The Labute approximate surface area is 124 Å². The normalized spacial score (nSPS) is 10.7. The van der Waals surface area contributed by atoms with E-state index in [1.165, 1.54) is 7.11 Å². The van der Waals surface area contributed by atoms with E-state index < -0.39 is 5.97 Å². The number of methoxy groups -OCH3 is 1. The molecule has 0 radical (unpaired) electrons. The minimum Gasteiger partial charge on any atom is -0.464 e. The van der Waals surface area contributed by atoms with Crippen molar-refractivity contribution in [2.75, 3.05) is 7.11 Å². The maximum absolute atomic E-state index is 12.0. The zero-order chi connectivity index (χ0) is 14.1. The summed E-state index contributed by atoms with van der Waals surface area (Å²) >= 11 is 3.44. The lowest BCUT2D eigenvalue weighted by atomic mass is 10.1. The number of fused-ring (bicyclic) bond motifs is 1. The summed E-state index contributed by atoms with van der Waals surface area (Å²) in [6.07, 6.45) is 1.89. The van der Waals surface area contributed by atoms with Gasteiger partial charge in [-0.1, -0.05) is 30.3 Å². The lowest BCUT2D eigenvalue weighted by Crippen LogP contribution is -2.04. The Morgan fingerprint density at radius 3 is 2.65 bits per heavy atom. The molecule has 20 heavy (non-hydrogen) atoms. The molecule has 5 heteroatoms. The monoisotopic (exact) mass is 330 g/mol. The summed E-state index contributed by atoms with van der Waals surface area (Å²) < 4.78 is 7.63. The highest BCUT2D eigenvalue weighted by molar-refractivity contribution is 9.10. The summed E-state index contributed by atoms with van der Waals surface area (Å²) in [5.74, 6) is -0.441. The topological polar surface area (TPSA) is 43.6 Å². The van der Waals surface area contributed by atoms with E-state index in [2.05, 4.69) is 20.9 Å². The van der Waals surface area contributed by atoms with Gasteiger partial charge in [-0.05, 0) is 28.1 Å². The molecule has 0 spiro atoms. The van der Waals surface area contributed by atoms with Crippen LogP contribution in [0.5, 0.6) is 0 Å². The van der Waals surface area contributed by atoms with Gasteiger partial charge in [-0.3, -0.25) is 4.40 Å². The fraction of sp³-hybridized carbons (Fsp3) is 0.0667. The average molecular weight is 331 g/mol. The van der Waals surface area contributed by atoms with Crippen LogP contribution in [0, 0.1) is 0 Å². The van der Waals surface area contributed by atoms with Crippen LogP contribution >= 0.6 is 15.9 Å². The number of imidazole rings is 1. The van der Waals surface area contributed by atoms with Gasteiger partial charge in [0.2, 0.25) is 0 Å². The minimum absolute atomic E-state index is 0.316. The van der Waals surface area contributed by atoms with Crippen LogP contribution in [0.15, 0.2) is 53.1 Å². The molecule has 1 aromatic carbocycles. The molecule has 4 nitrogen and oxygen atoms in total. The maximum atomic E-state index is 12.0. The first kappa shape index (κ1) is 12.9. The van der Waals surface area contributed by atoms with Gasteiger partial charge in [0.25, 0.3) is 0 Å². The lowest BCUT2D eigenvalue weighted by Gasteiger charge is -2.04. The third-order valence-electron chi connectivity index (χ3n) is 3.01. The number of hydrogen-bond donors (Lipinski definition) is 0. The fourth-order valence-electron chi connectivity index (χ4n) is 2.13. The molecular formula is C15H11BrN2O2. The Balaban J connectivity index is 2.36. The number of aromatic nitrogens is 2. The quantitative estimate of drug-likeness (QED) is 0.675. The van der Waals surface area contributed by atoms with Crippen molar-refractivity contribution >= 4 is 27.5 Å². The molecule has 0 N–H and O–H groups in total. The van der Waals surface area contributed by atoms with Gasteiger partial charge in [-0.15, -0.1) is 0 Å². The van der Waals surface area contributed by atoms with E-state index in [4.69, 9.17) is 4.74 Å². The van der Waals surface area contributed by atoms with Crippen LogP contribution in [0.3, 0.4) is 0 Å². The molecule has 0 aliphatic rings. The highest BCUT2D eigenvalue weighted by atomic mass is 79.9. The molecule has 0 atom stereocenters. The molecule has 0 aliphatic carbocycles. The summed E-state index contributed by atoms with van der Waals surface area (Å²) in [7, 11) is 1.36. The Hall–Kier alpha value is -2.14. The van der Waals surface area contributed by atoms with E-state index in [-0.39, 0.29) is 0 Å². The van der Waals surface area contributed by atoms with Crippen LogP contribution in [0.1, 0.15) is 10.5 Å². The molecule has 0 saturated carbocycles. The Morgan fingerprint density at radius 2 is 1.95 bits per heavy atom. The largest absolute Gasteiger partial charge is 0.464 e. The van der Waals surface area contributed by atoms with Crippen LogP contribution in [0.2, 0.25) is 0 Å². The SMILES string of the molecule is COC(=O)c1nc2ccc(Br)cn2c1-c1ccccc1. The second-order valence-corrected chi connectivity index (χ2v) is 5.16. The second-order valence-electron chi connectivity index (χ2n) is 4.24. The molecule has 0 fully saturated rings. The van der Waals surface area contributed by atoms with E-state index in [0.717, 1.165) is 15.7 Å². The number of benzene rings is 1. The fourth-order valence-corrected chi connectivity index (χ4v) is 2.47. The minimum atomic E-state index is -0.441. The predicted molar refractivity (Wildman–Crippen MR) is 79.7 cm³/mol. The number of pyridine rings is 1. The van der Waals surface area contributed by atoms with E-state index in [1.807, 2.05) is 53.1 Å². The molecule has 0 saturated heterocycles. The van der Waals surface area contributed by atoms with Gasteiger partial charge in [-0.25, -0.2) is 9.78 Å². The van der Waals surface area contributed by atoms with Crippen LogP contribution in [0.25, 0.3) is 16.9 Å². The summed E-state index contributed by atoms with van der Waals surface area (Å²) in [5, 5.41) is 0. The van der Waals surface area contributed by atoms with Crippen molar-refractivity contribution in [3.63, 3.8) is 0 Å². The Bertz CT molecular complexity index is 781. The van der Waals surface area contributed by atoms with Crippen LogP contribution < -0.4 is 0 Å². The number of carbonyl (C=O) groups is 1. The standard InChI is InChI=1S/C15H11BrN2O2/c1-20-15(19)13-14(10-5-3-2-4-6-10)18-9-11(16)7-8-12(18)17-13/h2-9H,1H3. The third-order valence-corrected chi connectivity index (χ3v) is 3.48. The molecule has 3 rings (SSSR count). The van der Waals surface area contributed by atoms with Crippen molar-refractivity contribution in [1.29, 1.82) is 0 Å². The van der Waals surface area contributed by atoms with Crippen molar-refractivity contribution in [3.8, 4) is 11.3 Å². The molecule has 2 aromatic heterocycles. The zero-order valence-electron chi connectivity index (χ0n) is 10.7. The van der Waals surface area contributed by atoms with Gasteiger partial charge in [0.1, 0.15) is 5.65 Å². The third kappa shape index (κ3) is 2.10. The molecule has 0 unspecified atom stereocenters. The van der Waals surface area contributed by atoms with Gasteiger partial charge < -0.3 is 4.74 Å². The van der Waals surface area contributed by atoms with Crippen molar-refractivity contribution < 1.29 is 9.53 Å². The van der Waals surface area contributed by atoms with E-state index in [0.29, 0.717) is 11.3 Å². The number of rotatable bonds is 2. The second kappa shape index (κ2) is 5.09. The first-order chi connectivity index (χ1) is 9.70. The van der Waals surface area contributed by atoms with Crippen molar-refractivity contribution in [2.24, 2.45) is 0 Å². The van der Waals surface area contributed by atoms with Crippen LogP contribution in [-0.2, 0) is 4.74 Å². The summed E-state index contributed by atoms with van der Waals surface area (Å²) in [4.78, 5) is 16.3. The summed E-state index contributed by atoms with van der Waals surface area (Å²) in [6, 6.07) is 13.4. The number of carbonyl (C=O) groups excluding carboxylic acids is 1. The van der Waals surface area contributed by atoms with E-state index >= 15 is 0 Å². The average Bonchev–Trinajstić information content (AvgIpc) is 2.85. The molecule has 0 amide bonds. The summed E-state index contributed by atoms with van der Waals surface area (Å²) in [6.45, 7) is 0. The maximum Gasteiger partial charge on any atom is 0.358 e. The smallest absolute Gasteiger partial charge is 0.358 e. The van der Waals surface area contributed by atoms with Gasteiger partial charge in [0.15, 0.2) is 5.69 Å². The van der Waals surface area contributed by atoms with Crippen molar-refractivity contribution in [3.05, 3.63) is 58.8 Å². The number of esters is 1. The van der Waals surface area contributed by atoms with Gasteiger partial charge in [0.05, 0.1) is 12.8 Å². The summed E-state index contributed by atoms with van der Waals surface area (Å²) in [5.41, 5.74) is 2.66. The lowest BCUT2D eigenvalue weighted by molar-refractivity contribution is 0.0596. The van der Waals surface area contributed by atoms with Gasteiger partial charge in [0, 0.05) is 16.2 Å². The number of nitrogens with zero attached hydrogens (tertiary/aromatic N) is 2. The highest BCUT2D eigenvalue weighted by Crippen LogP contribution is 2.27. The zero-order valence-corrected chi connectivity index (χ0v) is 12.3. The number of halogens is 1. The number of hydrogen-bond acceptors (Lipinski definition) is 3. The Kier molecular flexibility index (Phi) is 3.28.